The van der Waals surface area contributed by atoms with Crippen molar-refractivity contribution in [3.05, 3.63) is 64.2 Å². The number of hydrogen-bond acceptors (Lipinski definition) is 2. The second kappa shape index (κ2) is 6.78. The van der Waals surface area contributed by atoms with E-state index in [-0.39, 0.29) is 0 Å². The van der Waals surface area contributed by atoms with Crippen LogP contribution in [0.5, 0.6) is 5.75 Å². The summed E-state index contributed by atoms with van der Waals surface area (Å²) in [5.74, 6) is 0.762. The molecule has 2 nitrogen and oxygen atoms in total. The predicted molar refractivity (Wildman–Crippen MR) is 82.6 cm³/mol. The minimum absolute atomic E-state index is 0.454. The summed E-state index contributed by atoms with van der Waals surface area (Å²) in [5.41, 5.74) is 3.27. The molecule has 20 heavy (non-hydrogen) atoms. The number of hydrogen-bond donors (Lipinski definition) is 1. The van der Waals surface area contributed by atoms with Crippen molar-refractivity contribution in [1.29, 1.82) is 0 Å². The molecule has 2 aromatic rings. The maximum Gasteiger partial charge on any atom is 0.122 e. The Hall–Kier alpha value is -1.51. The van der Waals surface area contributed by atoms with Gasteiger partial charge in [-0.05, 0) is 42.7 Å². The van der Waals surface area contributed by atoms with E-state index in [1.54, 1.807) is 13.2 Å². The van der Waals surface area contributed by atoms with Crippen molar-refractivity contribution >= 4 is 11.6 Å². The molecule has 0 aliphatic rings. The highest BCUT2D eigenvalue weighted by molar-refractivity contribution is 6.30. The van der Waals surface area contributed by atoms with Crippen molar-refractivity contribution in [3.63, 3.8) is 0 Å². The average Bonchev–Trinajstić information content (AvgIpc) is 2.38. The Morgan fingerprint density at radius 2 is 1.95 bits per heavy atom. The largest absolute Gasteiger partial charge is 0.496 e. The van der Waals surface area contributed by atoms with Gasteiger partial charge < -0.3 is 9.84 Å². The standard InChI is InChI=1S/C17H19ClO2/c1-12-4-3-5-13(8-12)9-16(19)11-14-10-15(18)6-7-17(14)20-2/h3-8,10,16,19H,9,11H2,1-2H3. The molecule has 0 fully saturated rings. The molecule has 3 heteroatoms. The van der Waals surface area contributed by atoms with E-state index in [0.717, 1.165) is 16.9 Å². The van der Waals surface area contributed by atoms with E-state index in [2.05, 4.69) is 19.1 Å². The van der Waals surface area contributed by atoms with Gasteiger partial charge in [-0.1, -0.05) is 41.4 Å². The number of aryl methyl sites for hydroxylation is 1. The Bertz CT molecular complexity index is 581. The van der Waals surface area contributed by atoms with E-state index >= 15 is 0 Å². The molecule has 1 atom stereocenters. The normalized spacial score (nSPS) is 12.2. The van der Waals surface area contributed by atoms with Crippen LogP contribution in [0.15, 0.2) is 42.5 Å². The summed E-state index contributed by atoms with van der Waals surface area (Å²) in [5, 5.41) is 10.9. The molecule has 2 rings (SSSR count). The SMILES string of the molecule is COc1ccc(Cl)cc1CC(O)Cc1cccc(C)c1. The fourth-order valence-corrected chi connectivity index (χ4v) is 2.54. The Morgan fingerprint density at radius 3 is 2.65 bits per heavy atom. The maximum absolute atomic E-state index is 10.3. The van der Waals surface area contributed by atoms with Gasteiger partial charge in [-0.25, -0.2) is 0 Å². The number of ether oxygens (including phenoxy) is 1. The first-order valence-electron chi connectivity index (χ1n) is 6.64. The fourth-order valence-electron chi connectivity index (χ4n) is 2.34. The van der Waals surface area contributed by atoms with Crippen LogP contribution in [-0.2, 0) is 12.8 Å². The van der Waals surface area contributed by atoms with E-state index in [1.807, 2.05) is 24.3 Å². The molecular formula is C17H19ClO2. The molecule has 0 aliphatic heterocycles. The van der Waals surface area contributed by atoms with Crippen LogP contribution < -0.4 is 4.74 Å². The number of aliphatic hydroxyl groups is 1. The highest BCUT2D eigenvalue weighted by atomic mass is 35.5. The molecule has 106 valence electrons. The molecule has 1 N–H and O–H groups in total. The van der Waals surface area contributed by atoms with Crippen molar-refractivity contribution in [3.8, 4) is 5.75 Å². The summed E-state index contributed by atoms with van der Waals surface area (Å²) < 4.78 is 5.30. The zero-order valence-electron chi connectivity index (χ0n) is 11.8. The first-order chi connectivity index (χ1) is 9.58. The van der Waals surface area contributed by atoms with E-state index in [4.69, 9.17) is 16.3 Å². The van der Waals surface area contributed by atoms with Gasteiger partial charge in [0.2, 0.25) is 0 Å². The molecule has 0 amide bonds. The summed E-state index contributed by atoms with van der Waals surface area (Å²) in [4.78, 5) is 0. The highest BCUT2D eigenvalue weighted by Crippen LogP contribution is 2.24. The molecule has 0 aliphatic carbocycles. The van der Waals surface area contributed by atoms with E-state index < -0.39 is 6.10 Å². The van der Waals surface area contributed by atoms with Gasteiger partial charge in [0, 0.05) is 11.4 Å². The minimum Gasteiger partial charge on any atom is -0.496 e. The maximum atomic E-state index is 10.3. The Balaban J connectivity index is 2.08. The fraction of sp³-hybridized carbons (Fsp3) is 0.294. The van der Waals surface area contributed by atoms with Gasteiger partial charge in [0.15, 0.2) is 0 Å². The summed E-state index contributed by atoms with van der Waals surface area (Å²) in [6.45, 7) is 2.05. The van der Waals surface area contributed by atoms with Gasteiger partial charge in [0.25, 0.3) is 0 Å². The molecule has 2 aromatic carbocycles. The van der Waals surface area contributed by atoms with E-state index in [0.29, 0.717) is 17.9 Å². The molecule has 0 saturated heterocycles. The van der Waals surface area contributed by atoms with Gasteiger partial charge >= 0.3 is 0 Å². The average molecular weight is 291 g/mol. The summed E-state index contributed by atoms with van der Waals surface area (Å²) in [6.07, 6.45) is 0.693. The molecule has 0 radical (unpaired) electrons. The zero-order valence-corrected chi connectivity index (χ0v) is 12.5. The Kier molecular flexibility index (Phi) is 5.05. The molecule has 0 spiro atoms. The van der Waals surface area contributed by atoms with Crippen LogP contribution >= 0.6 is 11.6 Å². The number of benzene rings is 2. The van der Waals surface area contributed by atoms with Crippen LogP contribution in [0, 0.1) is 6.92 Å². The Morgan fingerprint density at radius 1 is 1.15 bits per heavy atom. The lowest BCUT2D eigenvalue weighted by Gasteiger charge is -2.14. The molecule has 0 heterocycles. The third kappa shape index (κ3) is 3.99. The third-order valence-corrected chi connectivity index (χ3v) is 3.49. The predicted octanol–water partition coefficient (Wildman–Crippen LogP) is 3.80. The van der Waals surface area contributed by atoms with Crippen LogP contribution in [0.2, 0.25) is 5.02 Å². The van der Waals surface area contributed by atoms with Gasteiger partial charge in [0.05, 0.1) is 13.2 Å². The highest BCUT2D eigenvalue weighted by Gasteiger charge is 2.11. The molecule has 1 unspecified atom stereocenters. The second-order valence-electron chi connectivity index (χ2n) is 5.01. The monoisotopic (exact) mass is 290 g/mol. The second-order valence-corrected chi connectivity index (χ2v) is 5.44. The Labute approximate surface area is 125 Å². The van der Waals surface area contributed by atoms with Crippen LogP contribution in [-0.4, -0.2) is 18.3 Å². The number of halogens is 1. The van der Waals surface area contributed by atoms with Crippen LogP contribution in [0.1, 0.15) is 16.7 Å². The topological polar surface area (TPSA) is 29.5 Å². The first kappa shape index (κ1) is 14.9. The van der Waals surface area contributed by atoms with Gasteiger partial charge in [-0.2, -0.15) is 0 Å². The van der Waals surface area contributed by atoms with Crippen molar-refractivity contribution in [1.82, 2.24) is 0 Å². The lowest BCUT2D eigenvalue weighted by molar-refractivity contribution is 0.174. The third-order valence-electron chi connectivity index (χ3n) is 3.25. The van der Waals surface area contributed by atoms with Gasteiger partial charge in [-0.3, -0.25) is 0 Å². The van der Waals surface area contributed by atoms with E-state index in [1.165, 1.54) is 5.56 Å². The smallest absolute Gasteiger partial charge is 0.122 e. The minimum atomic E-state index is -0.454. The quantitative estimate of drug-likeness (QED) is 0.907. The van der Waals surface area contributed by atoms with Crippen molar-refractivity contribution in [2.24, 2.45) is 0 Å². The number of rotatable bonds is 5. The molecule has 0 bridgehead atoms. The molecular weight excluding hydrogens is 272 g/mol. The van der Waals surface area contributed by atoms with Gasteiger partial charge in [0.1, 0.15) is 5.75 Å². The van der Waals surface area contributed by atoms with Crippen molar-refractivity contribution in [2.75, 3.05) is 7.11 Å². The number of methoxy groups -OCH3 is 1. The summed E-state index contributed by atoms with van der Waals surface area (Å²) in [7, 11) is 1.62. The summed E-state index contributed by atoms with van der Waals surface area (Å²) >= 11 is 6.00. The lowest BCUT2D eigenvalue weighted by Crippen LogP contribution is -2.14. The van der Waals surface area contributed by atoms with Crippen LogP contribution in [0.25, 0.3) is 0 Å². The molecule has 0 aromatic heterocycles. The van der Waals surface area contributed by atoms with Crippen molar-refractivity contribution in [2.45, 2.75) is 25.9 Å². The van der Waals surface area contributed by atoms with Gasteiger partial charge in [-0.15, -0.1) is 0 Å². The molecule has 0 saturated carbocycles. The first-order valence-corrected chi connectivity index (χ1v) is 7.02. The van der Waals surface area contributed by atoms with E-state index in [9.17, 15) is 5.11 Å². The van der Waals surface area contributed by atoms with Crippen molar-refractivity contribution < 1.29 is 9.84 Å². The number of aliphatic hydroxyl groups excluding tert-OH is 1. The van der Waals surface area contributed by atoms with Crippen LogP contribution in [0.4, 0.5) is 0 Å². The lowest BCUT2D eigenvalue weighted by atomic mass is 10.00. The van der Waals surface area contributed by atoms with Crippen LogP contribution in [0.3, 0.4) is 0 Å². The summed E-state index contributed by atoms with van der Waals surface area (Å²) in [6, 6.07) is 13.7. The zero-order chi connectivity index (χ0) is 14.5.